The number of aromatic nitrogens is 2. The summed E-state index contributed by atoms with van der Waals surface area (Å²) < 4.78 is 5.74. The number of nitrogens with zero attached hydrogens (tertiary/aromatic N) is 3. The van der Waals surface area contributed by atoms with Gasteiger partial charge in [-0.3, -0.25) is 0 Å². The van der Waals surface area contributed by atoms with Gasteiger partial charge in [-0.05, 0) is 69.3 Å². The number of aliphatic hydroxyl groups excluding tert-OH is 1. The lowest BCUT2D eigenvalue weighted by molar-refractivity contribution is 0.199. The van der Waals surface area contributed by atoms with Gasteiger partial charge in [-0.2, -0.15) is 0 Å². The van der Waals surface area contributed by atoms with E-state index in [0.29, 0.717) is 6.61 Å². The standard InChI is InChI=1S/C21H27N3O2S2/c1-6-15-11-16(9-14(3)19(15)26-8-7-25)20-22-23-21(28-20)17-10-13(2)18(27-17)12-24(4)5/h9-11,25H,6-8,12H2,1-5H3. The highest BCUT2D eigenvalue weighted by Crippen LogP contribution is 2.38. The van der Waals surface area contributed by atoms with E-state index in [1.807, 2.05) is 6.92 Å². The first kappa shape index (κ1) is 20.9. The molecule has 3 rings (SSSR count). The quantitative estimate of drug-likeness (QED) is 0.583. The summed E-state index contributed by atoms with van der Waals surface area (Å²) in [5, 5.41) is 19.8. The average Bonchev–Trinajstić information content (AvgIpc) is 3.27. The molecule has 0 spiro atoms. The van der Waals surface area contributed by atoms with Crippen LogP contribution in [0, 0.1) is 13.8 Å². The second-order valence-corrected chi connectivity index (χ2v) is 9.19. The number of aliphatic hydroxyl groups is 1. The fourth-order valence-electron chi connectivity index (χ4n) is 3.10. The molecular formula is C21H27N3O2S2. The molecule has 0 saturated heterocycles. The van der Waals surface area contributed by atoms with Gasteiger partial charge in [-0.25, -0.2) is 0 Å². The number of aryl methyl sites for hydroxylation is 3. The van der Waals surface area contributed by atoms with E-state index in [-0.39, 0.29) is 6.61 Å². The van der Waals surface area contributed by atoms with E-state index in [4.69, 9.17) is 9.84 Å². The van der Waals surface area contributed by atoms with Crippen molar-refractivity contribution in [1.82, 2.24) is 15.1 Å². The van der Waals surface area contributed by atoms with Gasteiger partial charge in [0.05, 0.1) is 11.5 Å². The monoisotopic (exact) mass is 417 g/mol. The van der Waals surface area contributed by atoms with Crippen molar-refractivity contribution in [3.8, 4) is 26.2 Å². The van der Waals surface area contributed by atoms with Gasteiger partial charge in [0.15, 0.2) is 5.01 Å². The Kier molecular flexibility index (Phi) is 6.82. The molecule has 0 unspecified atom stereocenters. The summed E-state index contributed by atoms with van der Waals surface area (Å²) in [6.07, 6.45) is 0.860. The Morgan fingerprint density at radius 1 is 1.04 bits per heavy atom. The van der Waals surface area contributed by atoms with E-state index >= 15 is 0 Å². The minimum Gasteiger partial charge on any atom is -0.491 e. The molecule has 2 heterocycles. The van der Waals surface area contributed by atoms with Crippen molar-refractivity contribution in [1.29, 1.82) is 0 Å². The number of hydrogen-bond donors (Lipinski definition) is 1. The van der Waals surface area contributed by atoms with Crippen LogP contribution in [0.1, 0.15) is 28.5 Å². The highest BCUT2D eigenvalue weighted by Gasteiger charge is 2.16. The maximum atomic E-state index is 9.05. The van der Waals surface area contributed by atoms with Crippen LogP contribution in [0.3, 0.4) is 0 Å². The second kappa shape index (κ2) is 9.13. The van der Waals surface area contributed by atoms with E-state index in [1.165, 1.54) is 15.3 Å². The van der Waals surface area contributed by atoms with Crippen LogP contribution in [0.15, 0.2) is 18.2 Å². The van der Waals surface area contributed by atoms with Crippen LogP contribution in [0.5, 0.6) is 5.75 Å². The van der Waals surface area contributed by atoms with Gasteiger partial charge in [-0.15, -0.1) is 21.5 Å². The molecule has 0 amide bonds. The lowest BCUT2D eigenvalue weighted by Gasteiger charge is -2.14. The van der Waals surface area contributed by atoms with Crippen molar-refractivity contribution < 1.29 is 9.84 Å². The van der Waals surface area contributed by atoms with Gasteiger partial charge in [-0.1, -0.05) is 18.3 Å². The van der Waals surface area contributed by atoms with E-state index in [2.05, 4.69) is 61.2 Å². The van der Waals surface area contributed by atoms with Gasteiger partial charge < -0.3 is 14.7 Å². The summed E-state index contributed by atoms with van der Waals surface area (Å²) >= 11 is 3.42. The van der Waals surface area contributed by atoms with Gasteiger partial charge in [0.1, 0.15) is 17.4 Å². The molecule has 7 heteroatoms. The molecule has 0 aliphatic carbocycles. The molecule has 0 atom stereocenters. The summed E-state index contributed by atoms with van der Waals surface area (Å²) in [7, 11) is 4.17. The zero-order valence-electron chi connectivity index (χ0n) is 17.1. The van der Waals surface area contributed by atoms with Crippen molar-refractivity contribution in [3.05, 3.63) is 39.8 Å². The van der Waals surface area contributed by atoms with Gasteiger partial charge in [0, 0.05) is 17.0 Å². The largest absolute Gasteiger partial charge is 0.491 e. The predicted octanol–water partition coefficient (Wildman–Crippen LogP) is 4.55. The lowest BCUT2D eigenvalue weighted by Crippen LogP contribution is -2.09. The summed E-state index contributed by atoms with van der Waals surface area (Å²) in [5.41, 5.74) is 4.55. The van der Waals surface area contributed by atoms with Crippen molar-refractivity contribution >= 4 is 22.7 Å². The Bertz CT molecular complexity index is 947. The van der Waals surface area contributed by atoms with Crippen molar-refractivity contribution in [2.45, 2.75) is 33.7 Å². The summed E-state index contributed by atoms with van der Waals surface area (Å²) in [4.78, 5) is 4.73. The number of hydrogen-bond acceptors (Lipinski definition) is 7. The van der Waals surface area contributed by atoms with Crippen molar-refractivity contribution in [2.75, 3.05) is 27.3 Å². The molecule has 0 radical (unpaired) electrons. The van der Waals surface area contributed by atoms with E-state index in [9.17, 15) is 0 Å². The molecule has 0 aliphatic rings. The van der Waals surface area contributed by atoms with Crippen LogP contribution in [-0.2, 0) is 13.0 Å². The predicted molar refractivity (Wildman–Crippen MR) is 117 cm³/mol. The number of benzene rings is 1. The van der Waals surface area contributed by atoms with E-state index < -0.39 is 0 Å². The highest BCUT2D eigenvalue weighted by atomic mass is 32.1. The molecule has 0 saturated carbocycles. The minimum absolute atomic E-state index is 0.0140. The summed E-state index contributed by atoms with van der Waals surface area (Å²) in [6.45, 7) is 7.56. The molecule has 28 heavy (non-hydrogen) atoms. The normalized spacial score (nSPS) is 11.4. The van der Waals surface area contributed by atoms with Gasteiger partial charge >= 0.3 is 0 Å². The van der Waals surface area contributed by atoms with Crippen LogP contribution >= 0.6 is 22.7 Å². The van der Waals surface area contributed by atoms with Crippen molar-refractivity contribution in [3.63, 3.8) is 0 Å². The fourth-order valence-corrected chi connectivity index (χ4v) is 5.26. The number of thiophene rings is 1. The van der Waals surface area contributed by atoms with Crippen LogP contribution in [0.25, 0.3) is 20.5 Å². The molecule has 0 aliphatic heterocycles. The first-order valence-corrected chi connectivity index (χ1v) is 11.0. The molecule has 1 N–H and O–H groups in total. The Balaban J connectivity index is 1.91. The zero-order valence-corrected chi connectivity index (χ0v) is 18.7. The topological polar surface area (TPSA) is 58.5 Å². The van der Waals surface area contributed by atoms with E-state index in [0.717, 1.165) is 45.4 Å². The van der Waals surface area contributed by atoms with Gasteiger partial charge in [0.25, 0.3) is 0 Å². The van der Waals surface area contributed by atoms with Crippen molar-refractivity contribution in [2.24, 2.45) is 0 Å². The molecule has 0 fully saturated rings. The molecule has 1 aromatic carbocycles. The van der Waals surface area contributed by atoms with Gasteiger partial charge in [0.2, 0.25) is 0 Å². The third-order valence-corrected chi connectivity index (χ3v) is 6.80. The molecule has 3 aromatic rings. The third-order valence-electron chi connectivity index (χ3n) is 4.43. The molecule has 0 bridgehead atoms. The average molecular weight is 418 g/mol. The SMILES string of the molecule is CCc1cc(-c2nnc(-c3cc(C)c(CN(C)C)s3)s2)cc(C)c1OCCO. The maximum absolute atomic E-state index is 9.05. The fraction of sp³-hybridized carbons (Fsp3) is 0.429. The number of rotatable bonds is 8. The molecule has 2 aromatic heterocycles. The Hall–Kier alpha value is -1.80. The Labute approximate surface area is 174 Å². The molecule has 5 nitrogen and oxygen atoms in total. The second-order valence-electron chi connectivity index (χ2n) is 7.07. The smallest absolute Gasteiger partial charge is 0.158 e. The maximum Gasteiger partial charge on any atom is 0.158 e. The Morgan fingerprint density at radius 2 is 1.79 bits per heavy atom. The zero-order chi connectivity index (χ0) is 20.3. The highest BCUT2D eigenvalue weighted by molar-refractivity contribution is 7.23. The first-order valence-electron chi connectivity index (χ1n) is 9.38. The van der Waals surface area contributed by atoms with Crippen LogP contribution in [0.2, 0.25) is 0 Å². The summed E-state index contributed by atoms with van der Waals surface area (Å²) in [6, 6.07) is 6.43. The first-order chi connectivity index (χ1) is 13.4. The minimum atomic E-state index is 0.0140. The molecular weight excluding hydrogens is 390 g/mol. The summed E-state index contributed by atoms with van der Waals surface area (Å²) in [5.74, 6) is 0.868. The lowest BCUT2D eigenvalue weighted by atomic mass is 10.0. The van der Waals surface area contributed by atoms with E-state index in [1.54, 1.807) is 22.7 Å². The van der Waals surface area contributed by atoms with Crippen LogP contribution < -0.4 is 4.74 Å². The molecule has 150 valence electrons. The number of ether oxygens (including phenoxy) is 1. The van der Waals surface area contributed by atoms with Crippen LogP contribution in [0.4, 0.5) is 0 Å². The Morgan fingerprint density at radius 3 is 2.46 bits per heavy atom. The van der Waals surface area contributed by atoms with Crippen LogP contribution in [-0.4, -0.2) is 47.5 Å². The third kappa shape index (κ3) is 4.60.